The molecule has 5 nitrogen and oxygen atoms in total. The fraction of sp³-hybridized carbons (Fsp3) is 0.217. The van der Waals surface area contributed by atoms with Gasteiger partial charge in [0, 0.05) is 24.1 Å². The summed E-state index contributed by atoms with van der Waals surface area (Å²) < 4.78 is 18.6. The van der Waals surface area contributed by atoms with Crippen LogP contribution in [0.1, 0.15) is 29.9 Å². The second kappa shape index (κ2) is 9.68. The lowest BCUT2D eigenvalue weighted by Gasteiger charge is -2.11. The minimum Gasteiger partial charge on any atom is -0.491 e. The molecule has 0 saturated heterocycles. The van der Waals surface area contributed by atoms with Gasteiger partial charge in [-0.05, 0) is 74.4 Å². The van der Waals surface area contributed by atoms with Crippen LogP contribution >= 0.6 is 0 Å². The summed E-state index contributed by atoms with van der Waals surface area (Å²) in [6, 6.07) is 17.2. The van der Waals surface area contributed by atoms with Gasteiger partial charge in [-0.1, -0.05) is 12.1 Å². The molecule has 2 aromatic carbocycles. The van der Waals surface area contributed by atoms with Gasteiger partial charge in [0.25, 0.3) is 5.91 Å². The maximum absolute atomic E-state index is 13.0. The molecule has 0 fully saturated rings. The SMILES string of the molecule is CC(C)Oc1ccc(NC(=O)c2cc(NCCc3ccc(F)cc3)ccn2)cc1. The molecule has 6 heteroatoms. The molecule has 150 valence electrons. The van der Waals surface area contributed by atoms with Crippen LogP contribution in [0, 0.1) is 5.82 Å². The number of aromatic nitrogens is 1. The number of pyridine rings is 1. The molecule has 3 rings (SSSR count). The van der Waals surface area contributed by atoms with Crippen LogP contribution in [0.25, 0.3) is 0 Å². The van der Waals surface area contributed by atoms with E-state index in [0.717, 1.165) is 23.4 Å². The third kappa shape index (κ3) is 6.31. The summed E-state index contributed by atoms with van der Waals surface area (Å²) >= 11 is 0. The van der Waals surface area contributed by atoms with E-state index in [-0.39, 0.29) is 17.8 Å². The summed E-state index contributed by atoms with van der Waals surface area (Å²) in [4.78, 5) is 16.6. The molecule has 0 aliphatic carbocycles. The van der Waals surface area contributed by atoms with Crippen molar-refractivity contribution >= 4 is 17.3 Å². The molecule has 0 radical (unpaired) electrons. The second-order valence-corrected chi connectivity index (χ2v) is 6.88. The van der Waals surface area contributed by atoms with Gasteiger partial charge in [0.05, 0.1) is 6.10 Å². The number of rotatable bonds is 8. The Bertz CT molecular complexity index is 941. The number of amides is 1. The summed E-state index contributed by atoms with van der Waals surface area (Å²) in [5.41, 5.74) is 2.82. The zero-order chi connectivity index (χ0) is 20.6. The number of anilines is 2. The minimum atomic E-state index is -0.287. The highest BCUT2D eigenvalue weighted by molar-refractivity contribution is 6.03. The van der Waals surface area contributed by atoms with Gasteiger partial charge >= 0.3 is 0 Å². The van der Waals surface area contributed by atoms with E-state index in [1.54, 1.807) is 42.6 Å². The average Bonchev–Trinajstić information content (AvgIpc) is 2.71. The fourth-order valence-corrected chi connectivity index (χ4v) is 2.75. The maximum atomic E-state index is 13.0. The third-order valence-corrected chi connectivity index (χ3v) is 4.13. The van der Waals surface area contributed by atoms with Gasteiger partial charge in [0.15, 0.2) is 0 Å². The molecule has 2 N–H and O–H groups in total. The van der Waals surface area contributed by atoms with Gasteiger partial charge in [-0.15, -0.1) is 0 Å². The van der Waals surface area contributed by atoms with Gasteiger partial charge < -0.3 is 15.4 Å². The van der Waals surface area contributed by atoms with Crippen LogP contribution in [0.2, 0.25) is 0 Å². The minimum absolute atomic E-state index is 0.0953. The Balaban J connectivity index is 1.55. The number of halogens is 1. The van der Waals surface area contributed by atoms with E-state index < -0.39 is 0 Å². The third-order valence-electron chi connectivity index (χ3n) is 4.13. The molecule has 1 amide bonds. The van der Waals surface area contributed by atoms with E-state index >= 15 is 0 Å². The van der Waals surface area contributed by atoms with E-state index in [1.807, 2.05) is 26.0 Å². The van der Waals surface area contributed by atoms with Gasteiger partial charge in [-0.25, -0.2) is 4.39 Å². The number of hydrogen-bond donors (Lipinski definition) is 2. The predicted octanol–water partition coefficient (Wildman–Crippen LogP) is 4.91. The Labute approximate surface area is 169 Å². The highest BCUT2D eigenvalue weighted by atomic mass is 19.1. The molecule has 0 bridgehead atoms. The first-order valence-electron chi connectivity index (χ1n) is 9.52. The molecule has 0 aliphatic heterocycles. The van der Waals surface area contributed by atoms with Crippen molar-refractivity contribution in [1.29, 1.82) is 0 Å². The number of hydrogen-bond acceptors (Lipinski definition) is 4. The number of carbonyl (C=O) groups excluding carboxylic acids is 1. The lowest BCUT2D eigenvalue weighted by atomic mass is 10.1. The standard InChI is InChI=1S/C23H24FN3O2/c1-16(2)29-21-9-7-19(8-10-21)27-23(28)22-15-20(12-14-26-22)25-13-11-17-3-5-18(24)6-4-17/h3-10,12,14-16H,11,13H2,1-2H3,(H,25,26)(H,27,28). The first kappa shape index (κ1) is 20.3. The van der Waals surface area contributed by atoms with Crippen LogP contribution in [0.3, 0.4) is 0 Å². The van der Waals surface area contributed by atoms with Crippen molar-refractivity contribution in [2.75, 3.05) is 17.2 Å². The maximum Gasteiger partial charge on any atom is 0.274 e. The Kier molecular flexibility index (Phi) is 6.79. The summed E-state index contributed by atoms with van der Waals surface area (Å²) in [7, 11) is 0. The zero-order valence-corrected chi connectivity index (χ0v) is 16.5. The summed E-state index contributed by atoms with van der Waals surface area (Å²) in [6.45, 7) is 4.58. The van der Waals surface area contributed by atoms with E-state index in [1.165, 1.54) is 12.1 Å². The number of benzene rings is 2. The first-order valence-corrected chi connectivity index (χ1v) is 9.52. The predicted molar refractivity (Wildman–Crippen MR) is 113 cm³/mol. The van der Waals surface area contributed by atoms with Crippen LogP contribution in [0.5, 0.6) is 5.75 Å². The van der Waals surface area contributed by atoms with Gasteiger partial charge in [-0.3, -0.25) is 9.78 Å². The molecule has 0 atom stereocenters. The van der Waals surface area contributed by atoms with Crippen molar-refractivity contribution in [3.05, 3.63) is 83.9 Å². The fourth-order valence-electron chi connectivity index (χ4n) is 2.75. The van der Waals surface area contributed by atoms with Crippen LogP contribution in [-0.4, -0.2) is 23.5 Å². The lowest BCUT2D eigenvalue weighted by molar-refractivity contribution is 0.102. The van der Waals surface area contributed by atoms with E-state index in [0.29, 0.717) is 17.9 Å². The molecule has 0 saturated carbocycles. The highest BCUT2D eigenvalue weighted by Gasteiger charge is 2.09. The highest BCUT2D eigenvalue weighted by Crippen LogP contribution is 2.18. The molecule has 3 aromatic rings. The van der Waals surface area contributed by atoms with Crippen molar-refractivity contribution in [2.45, 2.75) is 26.4 Å². The Morgan fingerprint density at radius 1 is 1.03 bits per heavy atom. The quantitative estimate of drug-likeness (QED) is 0.570. The normalized spacial score (nSPS) is 10.6. The summed E-state index contributed by atoms with van der Waals surface area (Å²) in [5, 5.41) is 6.10. The molecule has 0 spiro atoms. The van der Waals surface area contributed by atoms with E-state index in [4.69, 9.17) is 4.74 Å². The smallest absolute Gasteiger partial charge is 0.274 e. The van der Waals surface area contributed by atoms with E-state index in [2.05, 4.69) is 15.6 Å². The second-order valence-electron chi connectivity index (χ2n) is 6.88. The number of nitrogens with one attached hydrogen (secondary N) is 2. The van der Waals surface area contributed by atoms with Crippen molar-refractivity contribution < 1.29 is 13.9 Å². The molecule has 1 heterocycles. The van der Waals surface area contributed by atoms with Gasteiger partial charge in [0.1, 0.15) is 17.3 Å². The topological polar surface area (TPSA) is 63.2 Å². The van der Waals surface area contributed by atoms with Crippen molar-refractivity contribution in [3.8, 4) is 5.75 Å². The largest absolute Gasteiger partial charge is 0.491 e. The summed E-state index contributed by atoms with van der Waals surface area (Å²) in [6.07, 6.45) is 2.43. The van der Waals surface area contributed by atoms with Crippen molar-refractivity contribution in [1.82, 2.24) is 4.98 Å². The van der Waals surface area contributed by atoms with Crippen LogP contribution in [-0.2, 0) is 6.42 Å². The van der Waals surface area contributed by atoms with Crippen LogP contribution < -0.4 is 15.4 Å². The number of ether oxygens (including phenoxy) is 1. The number of nitrogens with zero attached hydrogens (tertiary/aromatic N) is 1. The lowest BCUT2D eigenvalue weighted by Crippen LogP contribution is -2.14. The van der Waals surface area contributed by atoms with Crippen LogP contribution in [0.4, 0.5) is 15.8 Å². The Morgan fingerprint density at radius 2 is 1.76 bits per heavy atom. The van der Waals surface area contributed by atoms with Gasteiger partial charge in [0.2, 0.25) is 0 Å². The number of carbonyl (C=O) groups is 1. The molecule has 29 heavy (non-hydrogen) atoms. The van der Waals surface area contributed by atoms with Crippen molar-refractivity contribution in [3.63, 3.8) is 0 Å². The zero-order valence-electron chi connectivity index (χ0n) is 16.5. The van der Waals surface area contributed by atoms with E-state index in [9.17, 15) is 9.18 Å². The molecular weight excluding hydrogens is 369 g/mol. The molecule has 0 unspecified atom stereocenters. The molecular formula is C23H24FN3O2. The first-order chi connectivity index (χ1) is 14.0. The Hall–Kier alpha value is -3.41. The average molecular weight is 393 g/mol. The molecule has 0 aliphatic rings. The summed E-state index contributed by atoms with van der Waals surface area (Å²) in [5.74, 6) is 0.224. The van der Waals surface area contributed by atoms with Crippen molar-refractivity contribution in [2.24, 2.45) is 0 Å². The monoisotopic (exact) mass is 393 g/mol. The Morgan fingerprint density at radius 3 is 2.45 bits per heavy atom. The van der Waals surface area contributed by atoms with Gasteiger partial charge in [-0.2, -0.15) is 0 Å². The molecule has 1 aromatic heterocycles. The van der Waals surface area contributed by atoms with Crippen LogP contribution in [0.15, 0.2) is 66.9 Å².